The number of para-hydroxylation sites is 1. The number of hydrogen-bond donors (Lipinski definition) is 1. The predicted molar refractivity (Wildman–Crippen MR) is 72.8 cm³/mol. The summed E-state index contributed by atoms with van der Waals surface area (Å²) in [6.07, 6.45) is 2.17. The molecule has 1 unspecified atom stereocenters. The van der Waals surface area contributed by atoms with Gasteiger partial charge in [0.1, 0.15) is 0 Å². The number of carbonyl (C=O) groups is 1. The molecule has 0 aromatic heterocycles. The van der Waals surface area contributed by atoms with Crippen LogP contribution < -0.4 is 5.32 Å². The van der Waals surface area contributed by atoms with Gasteiger partial charge in [-0.2, -0.15) is 11.8 Å². The van der Waals surface area contributed by atoms with Crippen LogP contribution in [0.25, 0.3) is 0 Å². The Morgan fingerprint density at radius 3 is 2.94 bits per heavy atom. The SMILES string of the molecule is O=C(Nc1ccccc1Br)C1CCCSC1. The summed E-state index contributed by atoms with van der Waals surface area (Å²) in [6.45, 7) is 0. The van der Waals surface area contributed by atoms with E-state index < -0.39 is 0 Å². The number of carbonyl (C=O) groups excluding carboxylic acids is 1. The molecule has 0 bridgehead atoms. The van der Waals surface area contributed by atoms with E-state index in [1.165, 1.54) is 5.75 Å². The van der Waals surface area contributed by atoms with Gasteiger partial charge in [-0.15, -0.1) is 0 Å². The molecule has 1 amide bonds. The van der Waals surface area contributed by atoms with Crippen molar-refractivity contribution in [3.63, 3.8) is 0 Å². The van der Waals surface area contributed by atoms with Crippen LogP contribution in [0.3, 0.4) is 0 Å². The molecule has 1 fully saturated rings. The van der Waals surface area contributed by atoms with Crippen molar-refractivity contribution in [2.75, 3.05) is 16.8 Å². The van der Waals surface area contributed by atoms with Crippen LogP contribution in [0.4, 0.5) is 5.69 Å². The number of benzene rings is 1. The lowest BCUT2D eigenvalue weighted by molar-refractivity contribution is -0.119. The first kappa shape index (κ1) is 12.0. The zero-order valence-corrected chi connectivity index (χ0v) is 11.3. The van der Waals surface area contributed by atoms with Gasteiger partial charge < -0.3 is 5.32 Å². The normalized spacial score (nSPS) is 20.4. The summed E-state index contributed by atoms with van der Waals surface area (Å²) < 4.78 is 0.937. The Bertz CT molecular complexity index is 377. The summed E-state index contributed by atoms with van der Waals surface area (Å²) in [5.74, 6) is 2.47. The number of hydrogen-bond acceptors (Lipinski definition) is 2. The molecule has 1 aromatic carbocycles. The fourth-order valence-corrected chi connectivity index (χ4v) is 3.27. The average Bonchev–Trinajstić information content (AvgIpc) is 2.33. The highest BCUT2D eigenvalue weighted by molar-refractivity contribution is 9.10. The van der Waals surface area contributed by atoms with Gasteiger partial charge in [0, 0.05) is 16.1 Å². The number of nitrogens with one attached hydrogen (secondary N) is 1. The minimum atomic E-state index is 0.152. The second-order valence-electron chi connectivity index (χ2n) is 3.88. The highest BCUT2D eigenvalue weighted by Crippen LogP contribution is 2.26. The summed E-state index contributed by atoms with van der Waals surface area (Å²) in [5.41, 5.74) is 0.864. The molecule has 1 aliphatic rings. The first-order chi connectivity index (χ1) is 7.77. The van der Waals surface area contributed by atoms with Gasteiger partial charge in [0.05, 0.1) is 5.69 Å². The lowest BCUT2D eigenvalue weighted by atomic mass is 10.0. The molecule has 1 aromatic rings. The van der Waals surface area contributed by atoms with E-state index in [-0.39, 0.29) is 11.8 Å². The fraction of sp³-hybridized carbons (Fsp3) is 0.417. The number of amides is 1. The average molecular weight is 300 g/mol. The van der Waals surface area contributed by atoms with Crippen molar-refractivity contribution in [3.8, 4) is 0 Å². The van der Waals surface area contributed by atoms with E-state index in [0.29, 0.717) is 0 Å². The lowest BCUT2D eigenvalue weighted by Gasteiger charge is -2.20. The minimum absolute atomic E-state index is 0.152. The molecule has 0 aliphatic carbocycles. The predicted octanol–water partition coefficient (Wildman–Crippen LogP) is 3.53. The Kier molecular flexibility index (Phi) is 4.29. The van der Waals surface area contributed by atoms with Gasteiger partial charge in [-0.3, -0.25) is 4.79 Å². The van der Waals surface area contributed by atoms with E-state index in [1.54, 1.807) is 0 Å². The maximum Gasteiger partial charge on any atom is 0.228 e. The molecule has 16 heavy (non-hydrogen) atoms. The van der Waals surface area contributed by atoms with Crippen LogP contribution >= 0.6 is 27.7 Å². The van der Waals surface area contributed by atoms with Gasteiger partial charge in [-0.25, -0.2) is 0 Å². The van der Waals surface area contributed by atoms with Gasteiger partial charge in [0.2, 0.25) is 5.91 Å². The topological polar surface area (TPSA) is 29.1 Å². The third-order valence-electron chi connectivity index (χ3n) is 2.66. The maximum atomic E-state index is 12.0. The number of halogens is 1. The maximum absolute atomic E-state index is 12.0. The molecule has 1 N–H and O–H groups in total. The third kappa shape index (κ3) is 3.01. The van der Waals surface area contributed by atoms with E-state index in [1.807, 2.05) is 36.0 Å². The van der Waals surface area contributed by atoms with Gasteiger partial charge >= 0.3 is 0 Å². The Hall–Kier alpha value is -0.480. The minimum Gasteiger partial charge on any atom is -0.325 e. The Morgan fingerprint density at radius 2 is 2.25 bits per heavy atom. The zero-order valence-electron chi connectivity index (χ0n) is 8.91. The first-order valence-corrected chi connectivity index (χ1v) is 7.35. The summed E-state index contributed by atoms with van der Waals surface area (Å²) in [6, 6.07) is 7.72. The van der Waals surface area contributed by atoms with Crippen molar-refractivity contribution in [2.45, 2.75) is 12.8 Å². The second kappa shape index (κ2) is 5.73. The summed E-state index contributed by atoms with van der Waals surface area (Å²) in [5, 5.41) is 2.98. The van der Waals surface area contributed by atoms with Crippen molar-refractivity contribution in [2.24, 2.45) is 5.92 Å². The van der Waals surface area contributed by atoms with E-state index >= 15 is 0 Å². The van der Waals surface area contributed by atoms with Crippen LogP contribution in [0.5, 0.6) is 0 Å². The Labute approximate surface area is 108 Å². The molecule has 4 heteroatoms. The van der Waals surface area contributed by atoms with Crippen LogP contribution in [0.15, 0.2) is 28.7 Å². The Balaban J connectivity index is 1.99. The van der Waals surface area contributed by atoms with Crippen molar-refractivity contribution >= 4 is 39.3 Å². The third-order valence-corrected chi connectivity index (χ3v) is 4.57. The molecule has 1 heterocycles. The van der Waals surface area contributed by atoms with Gasteiger partial charge in [0.15, 0.2) is 0 Å². The first-order valence-electron chi connectivity index (χ1n) is 5.40. The highest BCUT2D eigenvalue weighted by Gasteiger charge is 2.21. The van der Waals surface area contributed by atoms with Gasteiger partial charge in [0.25, 0.3) is 0 Å². The zero-order chi connectivity index (χ0) is 11.4. The van der Waals surface area contributed by atoms with Gasteiger partial charge in [-0.1, -0.05) is 12.1 Å². The molecule has 1 aliphatic heterocycles. The molecule has 0 saturated carbocycles. The van der Waals surface area contributed by atoms with Crippen LogP contribution in [0.2, 0.25) is 0 Å². The largest absolute Gasteiger partial charge is 0.325 e. The number of anilines is 1. The van der Waals surface area contributed by atoms with Crippen LogP contribution in [0, 0.1) is 5.92 Å². The fourth-order valence-electron chi connectivity index (χ4n) is 1.74. The van der Waals surface area contributed by atoms with E-state index in [2.05, 4.69) is 21.2 Å². The standard InChI is InChI=1S/C12H14BrNOS/c13-10-5-1-2-6-11(10)14-12(15)9-4-3-7-16-8-9/h1-2,5-6,9H,3-4,7-8H2,(H,14,15). The molecule has 1 atom stereocenters. The molecule has 2 nitrogen and oxygen atoms in total. The van der Waals surface area contributed by atoms with E-state index in [4.69, 9.17) is 0 Å². The Morgan fingerprint density at radius 1 is 1.44 bits per heavy atom. The molecule has 1 saturated heterocycles. The van der Waals surface area contributed by atoms with E-state index in [0.717, 1.165) is 28.8 Å². The van der Waals surface area contributed by atoms with Crippen molar-refractivity contribution in [1.29, 1.82) is 0 Å². The van der Waals surface area contributed by atoms with Crippen LogP contribution in [-0.2, 0) is 4.79 Å². The summed E-state index contributed by atoms with van der Waals surface area (Å²) >= 11 is 5.30. The number of rotatable bonds is 2. The molecular weight excluding hydrogens is 286 g/mol. The smallest absolute Gasteiger partial charge is 0.228 e. The molecule has 0 spiro atoms. The highest BCUT2D eigenvalue weighted by atomic mass is 79.9. The monoisotopic (exact) mass is 299 g/mol. The van der Waals surface area contributed by atoms with E-state index in [9.17, 15) is 4.79 Å². The van der Waals surface area contributed by atoms with Crippen LogP contribution in [-0.4, -0.2) is 17.4 Å². The van der Waals surface area contributed by atoms with Crippen LogP contribution in [0.1, 0.15) is 12.8 Å². The molecule has 0 radical (unpaired) electrons. The van der Waals surface area contributed by atoms with Gasteiger partial charge in [-0.05, 0) is 46.7 Å². The number of thioether (sulfide) groups is 1. The molecule has 86 valence electrons. The quantitative estimate of drug-likeness (QED) is 0.905. The van der Waals surface area contributed by atoms with Crippen molar-refractivity contribution in [1.82, 2.24) is 0 Å². The molecular formula is C12H14BrNOS. The summed E-state index contributed by atoms with van der Waals surface area (Å²) in [4.78, 5) is 12.0. The second-order valence-corrected chi connectivity index (χ2v) is 5.89. The van der Waals surface area contributed by atoms with Crippen molar-refractivity contribution in [3.05, 3.63) is 28.7 Å². The molecule has 2 rings (SSSR count). The van der Waals surface area contributed by atoms with Crippen molar-refractivity contribution < 1.29 is 4.79 Å². The summed E-state index contributed by atoms with van der Waals surface area (Å²) in [7, 11) is 0. The lowest BCUT2D eigenvalue weighted by Crippen LogP contribution is -2.27.